The van der Waals surface area contributed by atoms with Gasteiger partial charge in [0, 0.05) is 16.1 Å². The highest BCUT2D eigenvalue weighted by Gasteiger charge is 2.10. The first-order chi connectivity index (χ1) is 14.8. The van der Waals surface area contributed by atoms with Gasteiger partial charge >= 0.3 is 22.3 Å². The number of esters is 1. The van der Waals surface area contributed by atoms with Crippen molar-refractivity contribution in [2.75, 3.05) is 14.2 Å². The van der Waals surface area contributed by atoms with Gasteiger partial charge in [-0.15, -0.1) is 0 Å². The molecule has 0 heterocycles. The van der Waals surface area contributed by atoms with Crippen molar-refractivity contribution in [3.63, 3.8) is 0 Å². The van der Waals surface area contributed by atoms with Crippen LogP contribution in [0.5, 0.6) is 0 Å². The van der Waals surface area contributed by atoms with Crippen LogP contribution < -0.4 is 0 Å². The Kier molecular flexibility index (Phi) is 16.9. The number of benzene rings is 2. The van der Waals surface area contributed by atoms with Crippen molar-refractivity contribution in [2.45, 2.75) is 26.7 Å². The molecule has 0 saturated carbocycles. The van der Waals surface area contributed by atoms with Gasteiger partial charge in [0.2, 0.25) is 0 Å². The molecule has 0 aromatic heterocycles. The van der Waals surface area contributed by atoms with E-state index in [0.717, 1.165) is 40.0 Å². The van der Waals surface area contributed by atoms with Crippen LogP contribution in [-0.4, -0.2) is 53.9 Å². The van der Waals surface area contributed by atoms with Crippen LogP contribution in [0, 0.1) is 0 Å². The fourth-order valence-electron chi connectivity index (χ4n) is 2.23. The quantitative estimate of drug-likeness (QED) is 0.293. The third-order valence-electron chi connectivity index (χ3n) is 3.53. The first-order valence-corrected chi connectivity index (χ1v) is 11.8. The molecule has 12 heteroatoms. The number of ether oxygens (including phenoxy) is 1. The van der Waals surface area contributed by atoms with Crippen molar-refractivity contribution in [3.8, 4) is 0 Å². The fraction of sp³-hybridized carbons (Fsp3) is 0.300. The van der Waals surface area contributed by atoms with E-state index in [1.54, 1.807) is 18.2 Å². The van der Waals surface area contributed by atoms with Crippen molar-refractivity contribution in [1.29, 1.82) is 0 Å². The van der Waals surface area contributed by atoms with Gasteiger partial charge in [-0.05, 0) is 60.4 Å². The number of hydrogen-bond acceptors (Lipinski definition) is 6. The van der Waals surface area contributed by atoms with Crippen molar-refractivity contribution >= 4 is 54.2 Å². The van der Waals surface area contributed by atoms with E-state index in [0.29, 0.717) is 11.1 Å². The number of aromatic carboxylic acids is 1. The van der Waals surface area contributed by atoms with E-state index in [4.69, 9.17) is 27.7 Å². The molecule has 2 aromatic rings. The van der Waals surface area contributed by atoms with Crippen LogP contribution in [-0.2, 0) is 28.0 Å². The minimum absolute atomic E-state index is 0.274. The smallest absolute Gasteiger partial charge is 0.394 e. The van der Waals surface area contributed by atoms with Crippen LogP contribution in [0.4, 0.5) is 0 Å². The molecule has 4 N–H and O–H groups in total. The van der Waals surface area contributed by atoms with Crippen molar-refractivity contribution in [1.82, 2.24) is 0 Å². The molecule has 32 heavy (non-hydrogen) atoms. The first-order valence-electron chi connectivity index (χ1n) is 8.87. The zero-order valence-electron chi connectivity index (χ0n) is 17.9. The maximum Gasteiger partial charge on any atom is 0.394 e. The molecule has 0 aliphatic heterocycles. The van der Waals surface area contributed by atoms with E-state index in [-0.39, 0.29) is 5.97 Å². The van der Waals surface area contributed by atoms with Crippen LogP contribution >= 0.6 is 31.9 Å². The van der Waals surface area contributed by atoms with Gasteiger partial charge in [-0.2, -0.15) is 8.42 Å². The lowest BCUT2D eigenvalue weighted by Gasteiger charge is -2.05. The second-order valence-corrected chi connectivity index (χ2v) is 8.28. The van der Waals surface area contributed by atoms with Gasteiger partial charge < -0.3 is 14.9 Å². The summed E-state index contributed by atoms with van der Waals surface area (Å²) in [7, 11) is -2.27. The Morgan fingerprint density at radius 1 is 0.875 bits per heavy atom. The Hall–Kier alpha value is -1.83. The van der Waals surface area contributed by atoms with Crippen LogP contribution in [0.1, 0.15) is 45.7 Å². The van der Waals surface area contributed by atoms with E-state index in [2.05, 4.69) is 36.6 Å². The predicted octanol–water partition coefficient (Wildman–Crippen LogP) is 4.46. The van der Waals surface area contributed by atoms with Crippen LogP contribution in [0.15, 0.2) is 45.3 Å². The predicted molar refractivity (Wildman–Crippen MR) is 128 cm³/mol. The number of carbonyl (C=O) groups is 2. The van der Waals surface area contributed by atoms with Gasteiger partial charge in [-0.1, -0.05) is 45.7 Å². The number of methoxy groups -OCH3 is 1. The van der Waals surface area contributed by atoms with Crippen molar-refractivity contribution in [2.24, 2.45) is 0 Å². The third-order valence-corrected chi connectivity index (χ3v) is 4.52. The molecule has 0 aliphatic carbocycles. The Morgan fingerprint density at radius 3 is 1.53 bits per heavy atom. The highest BCUT2D eigenvalue weighted by Crippen LogP contribution is 2.18. The summed E-state index contributed by atoms with van der Waals surface area (Å²) in [6, 6.07) is 10.7. The van der Waals surface area contributed by atoms with Crippen LogP contribution in [0.3, 0.4) is 0 Å². The molecule has 0 amide bonds. The molecular formula is C20H26Br2O9S. The number of hydrogen-bond donors (Lipinski definition) is 4. The minimum atomic E-state index is -4.67. The number of aliphatic hydroxyl groups excluding tert-OH is 1. The summed E-state index contributed by atoms with van der Waals surface area (Å²) in [4.78, 5) is 21.9. The summed E-state index contributed by atoms with van der Waals surface area (Å²) in [6.07, 6.45) is 1.56. The molecule has 0 unspecified atom stereocenters. The molecule has 0 spiro atoms. The van der Waals surface area contributed by atoms with Gasteiger partial charge in [0.15, 0.2) is 0 Å². The van der Waals surface area contributed by atoms with E-state index >= 15 is 0 Å². The highest BCUT2D eigenvalue weighted by atomic mass is 79.9. The number of aliphatic hydroxyl groups is 1. The Bertz CT molecular complexity index is 969. The van der Waals surface area contributed by atoms with Gasteiger partial charge in [0.05, 0.1) is 18.2 Å². The maximum absolute atomic E-state index is 11.3. The summed E-state index contributed by atoms with van der Waals surface area (Å²) >= 11 is 6.65. The van der Waals surface area contributed by atoms with Crippen LogP contribution in [0.25, 0.3) is 0 Å². The number of carboxylic acid groups (broad SMARTS) is 1. The maximum atomic E-state index is 11.3. The molecular weight excluding hydrogens is 576 g/mol. The molecule has 0 bridgehead atoms. The minimum Gasteiger partial charge on any atom is -0.478 e. The van der Waals surface area contributed by atoms with E-state index in [9.17, 15) is 9.59 Å². The molecule has 9 nitrogen and oxygen atoms in total. The van der Waals surface area contributed by atoms with Gasteiger partial charge in [-0.25, -0.2) is 9.59 Å². The lowest BCUT2D eigenvalue weighted by Crippen LogP contribution is -2.04. The number of carboxylic acids is 1. The molecule has 180 valence electrons. The molecule has 0 saturated heterocycles. The second kappa shape index (κ2) is 16.8. The molecule has 2 rings (SSSR count). The van der Waals surface area contributed by atoms with E-state index in [1.807, 2.05) is 32.0 Å². The topological polar surface area (TPSA) is 158 Å². The number of halogens is 2. The average molecular weight is 602 g/mol. The molecule has 0 fully saturated rings. The lowest BCUT2D eigenvalue weighted by molar-refractivity contribution is 0.0598. The molecule has 0 radical (unpaired) electrons. The van der Waals surface area contributed by atoms with E-state index in [1.165, 1.54) is 7.11 Å². The molecule has 0 atom stereocenters. The highest BCUT2D eigenvalue weighted by molar-refractivity contribution is 9.10. The fourth-order valence-corrected chi connectivity index (χ4v) is 3.04. The van der Waals surface area contributed by atoms with E-state index < -0.39 is 16.4 Å². The SMILES string of the molecule is CCc1cc(Br)ccc1C(=O)O.CCc1cc(Br)ccc1C(=O)OC.CO.O=S(=O)(O)O. The summed E-state index contributed by atoms with van der Waals surface area (Å²) < 4.78 is 38.2. The summed E-state index contributed by atoms with van der Waals surface area (Å²) in [5, 5.41) is 15.8. The average Bonchev–Trinajstić information content (AvgIpc) is 2.73. The summed E-state index contributed by atoms with van der Waals surface area (Å²) in [5.41, 5.74) is 2.90. The van der Waals surface area contributed by atoms with Crippen molar-refractivity contribution in [3.05, 3.63) is 67.6 Å². The van der Waals surface area contributed by atoms with Crippen LogP contribution in [0.2, 0.25) is 0 Å². The lowest BCUT2D eigenvalue weighted by atomic mass is 10.1. The van der Waals surface area contributed by atoms with Gasteiger partial charge in [0.1, 0.15) is 0 Å². The van der Waals surface area contributed by atoms with Gasteiger partial charge in [-0.3, -0.25) is 9.11 Å². The summed E-state index contributed by atoms with van der Waals surface area (Å²) in [6.45, 7) is 3.95. The third kappa shape index (κ3) is 14.3. The molecule has 0 aliphatic rings. The number of rotatable bonds is 4. The Labute approximate surface area is 204 Å². The first kappa shape index (κ1) is 32.4. The zero-order chi connectivity index (χ0) is 25.5. The normalized spacial score (nSPS) is 9.66. The second-order valence-electron chi connectivity index (χ2n) is 5.55. The van der Waals surface area contributed by atoms with Gasteiger partial charge in [0.25, 0.3) is 0 Å². The number of carbonyl (C=O) groups excluding carboxylic acids is 1. The zero-order valence-corrected chi connectivity index (χ0v) is 21.9. The molecule has 2 aromatic carbocycles. The standard InChI is InChI=1S/C10H11BrO2.C9H9BrO2.CH4O.H2O4S/c1-3-7-6-8(11)4-5-9(7)10(12)13-2;1-2-6-5-7(10)3-4-8(6)9(11)12;1-2;1-5(2,3)4/h4-6H,3H2,1-2H3;3-5H,2H2,1H3,(H,11,12);2H,1H3;(H2,1,2,3,4). The Morgan fingerprint density at radius 2 is 1.22 bits per heavy atom. The van der Waals surface area contributed by atoms with Crippen molar-refractivity contribution < 1.29 is 42.1 Å². The summed E-state index contributed by atoms with van der Waals surface area (Å²) in [5.74, 6) is -1.14. The monoisotopic (exact) mass is 600 g/mol. The Balaban J connectivity index is 0. The largest absolute Gasteiger partial charge is 0.478 e. The number of aryl methyl sites for hydroxylation is 2.